The number of halogens is 6. The topological polar surface area (TPSA) is 37.9 Å². The largest absolute Gasteiger partial charge is 0.440 e. The van der Waals surface area contributed by atoms with Gasteiger partial charge in [-0.1, -0.05) is 0 Å². The van der Waals surface area contributed by atoms with E-state index in [9.17, 15) is 26.3 Å². The molecule has 86 valence electrons. The molecule has 0 radical (unpaired) electrons. The normalized spacial score (nSPS) is 15.1. The van der Waals surface area contributed by atoms with Crippen molar-refractivity contribution >= 4 is 0 Å². The van der Waals surface area contributed by atoms with Crippen LogP contribution < -0.4 is 4.74 Å². The Kier molecular flexibility index (Phi) is 2.82. The third-order valence-electron chi connectivity index (χ3n) is 1.30. The van der Waals surface area contributed by atoms with Gasteiger partial charge in [-0.15, -0.1) is 0 Å². The highest BCUT2D eigenvalue weighted by Gasteiger charge is 2.59. The van der Waals surface area contributed by atoms with Crippen LogP contribution in [0.1, 0.15) is 0 Å². The quantitative estimate of drug-likeness (QED) is 0.814. The summed E-state index contributed by atoms with van der Waals surface area (Å²) in [5, 5.41) is 4.95. The fraction of sp³-hybridized carbons (Fsp3) is 0.500. The number of hydrogen-bond donors (Lipinski definition) is 1. The number of nitrogens with zero attached hydrogens (tertiary/aromatic N) is 1. The molecule has 0 saturated heterocycles. The standard InChI is InChI=1S/C6H4F6N2O/c7-4(5(8,9)10)6(11,12)15-3-1-2-13-14-3/h1-2,4H,(H,13,14). The summed E-state index contributed by atoms with van der Waals surface area (Å²) in [6, 6.07) is 0.830. The lowest BCUT2D eigenvalue weighted by Gasteiger charge is -2.21. The number of aromatic nitrogens is 2. The lowest BCUT2D eigenvalue weighted by molar-refractivity contribution is -0.305. The Morgan fingerprint density at radius 1 is 1.27 bits per heavy atom. The molecule has 0 aliphatic carbocycles. The smallest absolute Gasteiger partial charge is 0.413 e. The maximum atomic E-state index is 12.5. The van der Waals surface area contributed by atoms with Gasteiger partial charge in [-0.05, 0) is 0 Å². The van der Waals surface area contributed by atoms with Crippen molar-refractivity contribution in [3.63, 3.8) is 0 Å². The SMILES string of the molecule is FC(C(F)(F)F)C(F)(F)Oc1ccn[nH]1. The van der Waals surface area contributed by atoms with Gasteiger partial charge in [0.1, 0.15) is 0 Å². The van der Waals surface area contributed by atoms with Crippen LogP contribution in [0.4, 0.5) is 26.3 Å². The van der Waals surface area contributed by atoms with Crippen LogP contribution in [-0.2, 0) is 0 Å². The van der Waals surface area contributed by atoms with Gasteiger partial charge in [0.15, 0.2) is 0 Å². The van der Waals surface area contributed by atoms with E-state index in [4.69, 9.17) is 0 Å². The van der Waals surface area contributed by atoms with E-state index in [2.05, 4.69) is 9.84 Å². The van der Waals surface area contributed by atoms with Crippen LogP contribution in [-0.4, -0.2) is 28.7 Å². The molecule has 0 spiro atoms. The monoisotopic (exact) mass is 234 g/mol. The predicted octanol–water partition coefficient (Wildman–Crippen LogP) is 2.28. The van der Waals surface area contributed by atoms with Gasteiger partial charge in [0.2, 0.25) is 5.88 Å². The minimum Gasteiger partial charge on any atom is -0.413 e. The zero-order chi connectivity index (χ0) is 11.7. The van der Waals surface area contributed by atoms with Crippen LogP contribution in [0.3, 0.4) is 0 Å². The van der Waals surface area contributed by atoms with Crippen LogP contribution in [0, 0.1) is 0 Å². The Bertz CT molecular complexity index is 308. The van der Waals surface area contributed by atoms with Gasteiger partial charge < -0.3 is 4.74 Å². The number of nitrogens with one attached hydrogen (secondary N) is 1. The molecule has 0 fully saturated rings. The minimum atomic E-state index is -5.69. The molecule has 1 atom stereocenters. The van der Waals surface area contributed by atoms with Gasteiger partial charge in [-0.2, -0.15) is 27.1 Å². The summed E-state index contributed by atoms with van der Waals surface area (Å²) in [6.45, 7) is 0. The van der Waals surface area contributed by atoms with Gasteiger partial charge in [0.25, 0.3) is 6.17 Å². The summed E-state index contributed by atoms with van der Waals surface area (Å²) in [5.74, 6) is -0.758. The first-order chi connectivity index (χ1) is 6.73. The molecule has 3 nitrogen and oxygen atoms in total. The molecule has 9 heteroatoms. The van der Waals surface area contributed by atoms with Gasteiger partial charge in [-0.25, -0.2) is 9.49 Å². The number of hydrogen-bond acceptors (Lipinski definition) is 2. The molecule has 0 aromatic carbocycles. The molecule has 0 bridgehead atoms. The summed E-state index contributed by atoms with van der Waals surface area (Å²) in [6.07, 6.45) is -14.1. The molecule has 0 aliphatic heterocycles. The van der Waals surface area contributed by atoms with Crippen molar-refractivity contribution in [1.82, 2.24) is 10.2 Å². The van der Waals surface area contributed by atoms with Crippen LogP contribution in [0.15, 0.2) is 12.3 Å². The van der Waals surface area contributed by atoms with E-state index in [1.165, 1.54) is 0 Å². The zero-order valence-corrected chi connectivity index (χ0v) is 6.86. The van der Waals surface area contributed by atoms with Crippen molar-refractivity contribution in [2.24, 2.45) is 0 Å². The summed E-state index contributed by atoms with van der Waals surface area (Å²) >= 11 is 0. The zero-order valence-electron chi connectivity index (χ0n) is 6.86. The average molecular weight is 234 g/mol. The van der Waals surface area contributed by atoms with Gasteiger partial charge >= 0.3 is 12.3 Å². The first-order valence-corrected chi connectivity index (χ1v) is 3.50. The number of rotatable bonds is 3. The van der Waals surface area contributed by atoms with Gasteiger partial charge in [-0.3, -0.25) is 0 Å². The van der Waals surface area contributed by atoms with Crippen molar-refractivity contribution in [2.45, 2.75) is 18.5 Å². The summed E-state index contributed by atoms with van der Waals surface area (Å²) in [5.41, 5.74) is 0. The highest BCUT2D eigenvalue weighted by molar-refractivity contribution is 5.05. The van der Waals surface area contributed by atoms with Crippen molar-refractivity contribution in [1.29, 1.82) is 0 Å². The van der Waals surface area contributed by atoms with E-state index in [1.54, 1.807) is 0 Å². The molecule has 15 heavy (non-hydrogen) atoms. The molecular weight excluding hydrogens is 230 g/mol. The Balaban J connectivity index is 2.75. The number of ether oxygens (including phenoxy) is 1. The third kappa shape index (κ3) is 2.77. The van der Waals surface area contributed by atoms with Crippen LogP contribution >= 0.6 is 0 Å². The first kappa shape index (κ1) is 11.7. The van der Waals surface area contributed by atoms with Crippen LogP contribution in [0.25, 0.3) is 0 Å². The van der Waals surface area contributed by atoms with Crippen molar-refractivity contribution in [3.05, 3.63) is 12.3 Å². The highest BCUT2D eigenvalue weighted by atomic mass is 19.4. The van der Waals surface area contributed by atoms with E-state index in [1.807, 2.05) is 5.10 Å². The second-order valence-corrected chi connectivity index (χ2v) is 2.49. The highest BCUT2D eigenvalue weighted by Crippen LogP contribution is 2.35. The summed E-state index contributed by atoms with van der Waals surface area (Å²) in [4.78, 5) is 0. The molecule has 0 saturated carbocycles. The predicted molar refractivity (Wildman–Crippen MR) is 35.1 cm³/mol. The van der Waals surface area contributed by atoms with E-state index < -0.39 is 24.3 Å². The van der Waals surface area contributed by atoms with E-state index in [0.717, 1.165) is 12.3 Å². The van der Waals surface area contributed by atoms with Crippen molar-refractivity contribution < 1.29 is 31.1 Å². The fourth-order valence-electron chi connectivity index (χ4n) is 0.689. The third-order valence-corrected chi connectivity index (χ3v) is 1.30. The molecule has 1 N–H and O–H groups in total. The van der Waals surface area contributed by atoms with E-state index >= 15 is 0 Å². The molecule has 1 heterocycles. The van der Waals surface area contributed by atoms with Crippen LogP contribution in [0.5, 0.6) is 5.88 Å². The van der Waals surface area contributed by atoms with Crippen molar-refractivity contribution in [2.75, 3.05) is 0 Å². The van der Waals surface area contributed by atoms with E-state index in [0.29, 0.717) is 0 Å². The molecule has 1 aromatic rings. The molecule has 1 aromatic heterocycles. The number of H-pyrrole nitrogens is 1. The summed E-state index contributed by atoms with van der Waals surface area (Å²) in [7, 11) is 0. The summed E-state index contributed by atoms with van der Waals surface area (Å²) < 4.78 is 75.6. The number of alkyl halides is 6. The van der Waals surface area contributed by atoms with Crippen molar-refractivity contribution in [3.8, 4) is 5.88 Å². The molecule has 0 aliphatic rings. The molecular formula is C6H4F6N2O. The van der Waals surface area contributed by atoms with Crippen LogP contribution in [0.2, 0.25) is 0 Å². The van der Waals surface area contributed by atoms with Gasteiger partial charge in [0.05, 0.1) is 6.20 Å². The Morgan fingerprint density at radius 2 is 1.87 bits per heavy atom. The fourth-order valence-corrected chi connectivity index (χ4v) is 0.689. The first-order valence-electron chi connectivity index (χ1n) is 3.50. The second-order valence-electron chi connectivity index (χ2n) is 2.49. The number of aromatic amines is 1. The Labute approximate surface area is 79.0 Å². The molecule has 1 rings (SSSR count). The Hall–Kier alpha value is -1.41. The maximum Gasteiger partial charge on any atom is 0.440 e. The molecule has 1 unspecified atom stereocenters. The lowest BCUT2D eigenvalue weighted by Crippen LogP contribution is -2.45. The van der Waals surface area contributed by atoms with E-state index in [-0.39, 0.29) is 0 Å². The Morgan fingerprint density at radius 3 is 2.27 bits per heavy atom. The maximum absolute atomic E-state index is 12.5. The minimum absolute atomic E-state index is 0.758. The van der Waals surface area contributed by atoms with Gasteiger partial charge in [0, 0.05) is 6.07 Å². The lowest BCUT2D eigenvalue weighted by atomic mass is 10.3. The molecule has 0 amide bonds. The second kappa shape index (κ2) is 3.63. The average Bonchev–Trinajstić information content (AvgIpc) is 2.53.